The fourth-order valence-electron chi connectivity index (χ4n) is 2.50. The van der Waals surface area contributed by atoms with E-state index in [-0.39, 0.29) is 5.69 Å². The van der Waals surface area contributed by atoms with Gasteiger partial charge < -0.3 is 14.8 Å². The number of halogens is 2. The highest BCUT2D eigenvalue weighted by molar-refractivity contribution is 5.99. The van der Waals surface area contributed by atoms with E-state index < -0.39 is 17.6 Å². The Bertz CT molecular complexity index is 976. The van der Waals surface area contributed by atoms with Crippen LogP contribution in [0.1, 0.15) is 17.4 Å². The lowest BCUT2D eigenvalue weighted by atomic mass is 10.1. The van der Waals surface area contributed by atoms with E-state index in [9.17, 15) is 13.6 Å². The van der Waals surface area contributed by atoms with Crippen LogP contribution in [-0.2, 0) is 4.74 Å². The number of nitrogens with zero attached hydrogens (tertiary/aromatic N) is 1. The molecule has 1 heterocycles. The van der Waals surface area contributed by atoms with Crippen LogP contribution in [0, 0.1) is 11.6 Å². The Kier molecular flexibility index (Phi) is 4.97. The van der Waals surface area contributed by atoms with Gasteiger partial charge in [-0.1, -0.05) is 0 Å². The summed E-state index contributed by atoms with van der Waals surface area (Å²) in [6, 6.07) is 10.2. The largest absolute Gasteiger partial charge is 0.494 e. The van der Waals surface area contributed by atoms with E-state index in [2.05, 4.69) is 10.3 Å². The number of ether oxygens (including phenoxy) is 2. The van der Waals surface area contributed by atoms with Crippen molar-refractivity contribution in [3.05, 3.63) is 59.8 Å². The fraction of sp³-hybridized carbons (Fsp3) is 0.158. The first-order valence-electron chi connectivity index (χ1n) is 7.89. The standard InChI is InChI=1S/C19H16F2N2O3/c1-3-26-12-5-7-16-13(9-12)17(10-18(23-16)19(24)25-2)22-11-4-6-14(20)15(21)8-11/h4-10H,3H2,1-2H3,(H,22,23). The molecule has 0 amide bonds. The minimum absolute atomic E-state index is 0.0919. The molecule has 1 N–H and O–H groups in total. The molecule has 0 aliphatic rings. The SMILES string of the molecule is CCOc1ccc2nc(C(=O)OC)cc(Nc3ccc(F)c(F)c3)c2c1. The van der Waals surface area contributed by atoms with E-state index in [1.807, 2.05) is 6.92 Å². The number of benzene rings is 2. The Morgan fingerprint density at radius 1 is 1.12 bits per heavy atom. The van der Waals surface area contributed by atoms with Gasteiger partial charge in [0.05, 0.1) is 24.9 Å². The van der Waals surface area contributed by atoms with Crippen LogP contribution in [0.3, 0.4) is 0 Å². The first-order chi connectivity index (χ1) is 12.5. The highest BCUT2D eigenvalue weighted by Gasteiger charge is 2.14. The second-order valence-corrected chi connectivity index (χ2v) is 5.41. The van der Waals surface area contributed by atoms with Crippen LogP contribution in [0.5, 0.6) is 5.75 Å². The molecular formula is C19H16F2N2O3. The summed E-state index contributed by atoms with van der Waals surface area (Å²) in [5.74, 6) is -1.89. The summed E-state index contributed by atoms with van der Waals surface area (Å²) in [5, 5.41) is 3.65. The maximum absolute atomic E-state index is 13.5. The van der Waals surface area contributed by atoms with Crippen molar-refractivity contribution >= 4 is 28.2 Å². The molecule has 3 rings (SSSR count). The molecule has 0 saturated carbocycles. The smallest absolute Gasteiger partial charge is 0.356 e. The molecule has 2 aromatic carbocycles. The number of aromatic nitrogens is 1. The van der Waals surface area contributed by atoms with E-state index in [0.717, 1.165) is 12.1 Å². The number of fused-ring (bicyclic) bond motifs is 1. The molecule has 0 saturated heterocycles. The summed E-state index contributed by atoms with van der Waals surface area (Å²) in [4.78, 5) is 16.2. The average molecular weight is 358 g/mol. The monoisotopic (exact) mass is 358 g/mol. The third-order valence-corrected chi connectivity index (χ3v) is 3.68. The fourth-order valence-corrected chi connectivity index (χ4v) is 2.50. The van der Waals surface area contributed by atoms with Crippen molar-refractivity contribution in [3.63, 3.8) is 0 Å². The molecule has 7 heteroatoms. The molecule has 0 fully saturated rings. The van der Waals surface area contributed by atoms with Crippen LogP contribution in [-0.4, -0.2) is 24.7 Å². The molecule has 0 radical (unpaired) electrons. The van der Waals surface area contributed by atoms with Crippen LogP contribution in [0.2, 0.25) is 0 Å². The maximum Gasteiger partial charge on any atom is 0.356 e. The van der Waals surface area contributed by atoms with Crippen molar-refractivity contribution in [2.45, 2.75) is 6.92 Å². The lowest BCUT2D eigenvalue weighted by Gasteiger charge is -2.13. The zero-order chi connectivity index (χ0) is 18.7. The molecule has 0 unspecified atom stereocenters. The zero-order valence-corrected chi connectivity index (χ0v) is 14.2. The van der Waals surface area contributed by atoms with Crippen molar-refractivity contribution in [1.82, 2.24) is 4.98 Å². The van der Waals surface area contributed by atoms with Gasteiger partial charge in [-0.3, -0.25) is 0 Å². The lowest BCUT2D eigenvalue weighted by molar-refractivity contribution is 0.0594. The number of carbonyl (C=O) groups is 1. The Balaban J connectivity index is 2.13. The second kappa shape index (κ2) is 7.35. The Hall–Kier alpha value is -3.22. The summed E-state index contributed by atoms with van der Waals surface area (Å²) < 4.78 is 36.9. The highest BCUT2D eigenvalue weighted by atomic mass is 19.2. The van der Waals surface area contributed by atoms with Gasteiger partial charge >= 0.3 is 5.97 Å². The van der Waals surface area contributed by atoms with Gasteiger partial charge in [0.15, 0.2) is 17.3 Å². The minimum Gasteiger partial charge on any atom is -0.494 e. The molecule has 0 bridgehead atoms. The summed E-state index contributed by atoms with van der Waals surface area (Å²) in [5.41, 5.74) is 1.44. The summed E-state index contributed by atoms with van der Waals surface area (Å²) in [7, 11) is 1.26. The van der Waals surface area contributed by atoms with Gasteiger partial charge in [-0.15, -0.1) is 0 Å². The number of rotatable bonds is 5. The average Bonchev–Trinajstić information content (AvgIpc) is 2.64. The number of methoxy groups -OCH3 is 1. The first kappa shape index (κ1) is 17.6. The highest BCUT2D eigenvalue weighted by Crippen LogP contribution is 2.30. The van der Waals surface area contributed by atoms with Crippen LogP contribution in [0.25, 0.3) is 10.9 Å². The first-order valence-corrected chi connectivity index (χ1v) is 7.89. The van der Waals surface area contributed by atoms with Gasteiger partial charge in [-0.25, -0.2) is 18.6 Å². The Morgan fingerprint density at radius 3 is 2.62 bits per heavy atom. The van der Waals surface area contributed by atoms with Crippen molar-refractivity contribution in [2.75, 3.05) is 19.0 Å². The quantitative estimate of drug-likeness (QED) is 0.683. The molecule has 5 nitrogen and oxygen atoms in total. The summed E-state index contributed by atoms with van der Waals surface area (Å²) in [6.07, 6.45) is 0. The molecule has 0 aliphatic carbocycles. The number of carbonyl (C=O) groups excluding carboxylic acids is 1. The summed E-state index contributed by atoms with van der Waals surface area (Å²) >= 11 is 0. The van der Waals surface area contributed by atoms with E-state index in [1.54, 1.807) is 18.2 Å². The molecular weight excluding hydrogens is 342 g/mol. The predicted molar refractivity (Wildman–Crippen MR) is 93.9 cm³/mol. The van der Waals surface area contributed by atoms with Crippen LogP contribution in [0.15, 0.2) is 42.5 Å². The van der Waals surface area contributed by atoms with Crippen LogP contribution >= 0.6 is 0 Å². The molecule has 0 spiro atoms. The van der Waals surface area contributed by atoms with E-state index in [0.29, 0.717) is 34.6 Å². The van der Waals surface area contributed by atoms with Gasteiger partial charge in [0.2, 0.25) is 0 Å². The van der Waals surface area contributed by atoms with E-state index in [4.69, 9.17) is 9.47 Å². The molecule has 1 aromatic heterocycles. The Labute approximate surface area is 148 Å². The molecule has 134 valence electrons. The number of nitrogens with one attached hydrogen (secondary N) is 1. The predicted octanol–water partition coefficient (Wildman–Crippen LogP) is 4.44. The third kappa shape index (κ3) is 3.56. The number of pyridine rings is 1. The van der Waals surface area contributed by atoms with Crippen LogP contribution < -0.4 is 10.1 Å². The minimum atomic E-state index is -0.975. The molecule has 0 atom stereocenters. The van der Waals surface area contributed by atoms with Gasteiger partial charge in [0.1, 0.15) is 5.75 Å². The summed E-state index contributed by atoms with van der Waals surface area (Å²) in [6.45, 7) is 2.36. The van der Waals surface area contributed by atoms with Gasteiger partial charge in [-0.05, 0) is 43.3 Å². The molecule has 0 aliphatic heterocycles. The second-order valence-electron chi connectivity index (χ2n) is 5.41. The molecule has 26 heavy (non-hydrogen) atoms. The number of anilines is 2. The maximum atomic E-state index is 13.5. The van der Waals surface area contributed by atoms with Crippen molar-refractivity contribution < 1.29 is 23.0 Å². The Morgan fingerprint density at radius 2 is 1.92 bits per heavy atom. The number of esters is 1. The zero-order valence-electron chi connectivity index (χ0n) is 14.2. The van der Waals surface area contributed by atoms with Crippen molar-refractivity contribution in [3.8, 4) is 5.75 Å². The van der Waals surface area contributed by atoms with Crippen molar-refractivity contribution in [2.24, 2.45) is 0 Å². The van der Waals surface area contributed by atoms with Crippen LogP contribution in [0.4, 0.5) is 20.2 Å². The van der Waals surface area contributed by atoms with Gasteiger partial charge in [-0.2, -0.15) is 0 Å². The molecule has 3 aromatic rings. The van der Waals surface area contributed by atoms with E-state index >= 15 is 0 Å². The van der Waals surface area contributed by atoms with Crippen molar-refractivity contribution in [1.29, 1.82) is 0 Å². The van der Waals surface area contributed by atoms with E-state index in [1.165, 1.54) is 19.2 Å². The normalized spacial score (nSPS) is 10.6. The lowest BCUT2D eigenvalue weighted by Crippen LogP contribution is -2.06. The topological polar surface area (TPSA) is 60.5 Å². The van der Waals surface area contributed by atoms with Gasteiger partial charge in [0.25, 0.3) is 0 Å². The van der Waals surface area contributed by atoms with Gasteiger partial charge in [0, 0.05) is 17.1 Å². The number of hydrogen-bond acceptors (Lipinski definition) is 5. The number of hydrogen-bond donors (Lipinski definition) is 1. The third-order valence-electron chi connectivity index (χ3n) is 3.68.